The highest BCUT2D eigenvalue weighted by Gasteiger charge is 2.14. The van der Waals surface area contributed by atoms with Crippen molar-refractivity contribution in [3.8, 4) is 0 Å². The second-order valence-corrected chi connectivity index (χ2v) is 7.03. The molecule has 21 heavy (non-hydrogen) atoms. The highest BCUT2D eigenvalue weighted by Crippen LogP contribution is 2.32. The molecule has 1 N–H and O–H groups in total. The number of thiophene rings is 1. The number of amides is 1. The van der Waals surface area contributed by atoms with Crippen LogP contribution in [0, 0.1) is 6.92 Å². The Morgan fingerprint density at radius 1 is 1.33 bits per heavy atom. The molecule has 1 atom stereocenters. The van der Waals surface area contributed by atoms with E-state index in [1.807, 2.05) is 25.1 Å². The van der Waals surface area contributed by atoms with E-state index in [1.54, 1.807) is 30.3 Å². The van der Waals surface area contributed by atoms with Crippen molar-refractivity contribution in [2.24, 2.45) is 0 Å². The van der Waals surface area contributed by atoms with Gasteiger partial charge >= 0.3 is 0 Å². The molecule has 0 aliphatic rings. The van der Waals surface area contributed by atoms with Crippen LogP contribution in [0.15, 0.2) is 34.1 Å². The maximum atomic E-state index is 12.1. The standard InChI is InChI=1S/C16H19BrN2OS/c1-10-5-6-12(16(20)19(3)4)9-14(10)18-11(2)15-13(17)7-8-21-15/h5-9,11,18H,1-4H3. The lowest BCUT2D eigenvalue weighted by Gasteiger charge is -2.18. The molecular weight excluding hydrogens is 348 g/mol. The van der Waals surface area contributed by atoms with Crippen LogP contribution >= 0.6 is 27.3 Å². The van der Waals surface area contributed by atoms with Crippen LogP contribution < -0.4 is 5.32 Å². The van der Waals surface area contributed by atoms with Gasteiger partial charge in [0.15, 0.2) is 0 Å². The van der Waals surface area contributed by atoms with E-state index < -0.39 is 0 Å². The smallest absolute Gasteiger partial charge is 0.253 e. The summed E-state index contributed by atoms with van der Waals surface area (Å²) in [5.41, 5.74) is 2.82. The number of rotatable bonds is 4. The van der Waals surface area contributed by atoms with E-state index in [0.717, 1.165) is 15.7 Å². The quantitative estimate of drug-likeness (QED) is 0.850. The average molecular weight is 367 g/mol. The molecule has 2 rings (SSSR count). The second-order valence-electron chi connectivity index (χ2n) is 5.23. The Morgan fingerprint density at radius 2 is 2.05 bits per heavy atom. The first-order valence-electron chi connectivity index (χ1n) is 6.72. The maximum Gasteiger partial charge on any atom is 0.253 e. The van der Waals surface area contributed by atoms with Crippen molar-refractivity contribution in [3.63, 3.8) is 0 Å². The van der Waals surface area contributed by atoms with Crippen LogP contribution in [0.4, 0.5) is 5.69 Å². The van der Waals surface area contributed by atoms with Crippen LogP contribution in [0.25, 0.3) is 0 Å². The minimum absolute atomic E-state index is 0.0167. The van der Waals surface area contributed by atoms with E-state index in [9.17, 15) is 4.79 Å². The number of hydrogen-bond donors (Lipinski definition) is 1. The number of benzene rings is 1. The van der Waals surface area contributed by atoms with Crippen molar-refractivity contribution >= 4 is 38.9 Å². The highest BCUT2D eigenvalue weighted by molar-refractivity contribution is 9.10. The lowest BCUT2D eigenvalue weighted by Crippen LogP contribution is -2.21. The van der Waals surface area contributed by atoms with Gasteiger partial charge in [0.2, 0.25) is 0 Å². The van der Waals surface area contributed by atoms with Gasteiger partial charge in [0.05, 0.1) is 6.04 Å². The summed E-state index contributed by atoms with van der Waals surface area (Å²) in [6.07, 6.45) is 0. The molecular formula is C16H19BrN2OS. The van der Waals surface area contributed by atoms with Gasteiger partial charge in [0.25, 0.3) is 5.91 Å². The number of hydrogen-bond acceptors (Lipinski definition) is 3. The number of carbonyl (C=O) groups excluding carboxylic acids is 1. The maximum absolute atomic E-state index is 12.1. The fourth-order valence-electron chi connectivity index (χ4n) is 2.08. The number of anilines is 1. The third kappa shape index (κ3) is 3.66. The molecule has 0 fully saturated rings. The van der Waals surface area contributed by atoms with Crippen molar-refractivity contribution < 1.29 is 4.79 Å². The molecule has 1 heterocycles. The van der Waals surface area contributed by atoms with E-state index in [2.05, 4.69) is 39.6 Å². The van der Waals surface area contributed by atoms with Gasteiger partial charge in [-0.15, -0.1) is 11.3 Å². The topological polar surface area (TPSA) is 32.3 Å². The van der Waals surface area contributed by atoms with Crippen LogP contribution in [0.5, 0.6) is 0 Å². The van der Waals surface area contributed by atoms with Gasteiger partial charge < -0.3 is 10.2 Å². The fourth-order valence-corrected chi connectivity index (χ4v) is 3.81. The Bertz CT molecular complexity index is 651. The monoisotopic (exact) mass is 366 g/mol. The summed E-state index contributed by atoms with van der Waals surface area (Å²) in [5.74, 6) is 0.0167. The van der Waals surface area contributed by atoms with Crippen LogP contribution in [-0.2, 0) is 0 Å². The Labute approximate surface area is 138 Å². The van der Waals surface area contributed by atoms with Crippen molar-refractivity contribution in [1.29, 1.82) is 0 Å². The normalized spacial score (nSPS) is 12.0. The van der Waals surface area contributed by atoms with E-state index in [1.165, 1.54) is 4.88 Å². The molecule has 1 aromatic carbocycles. The average Bonchev–Trinajstić information content (AvgIpc) is 2.86. The van der Waals surface area contributed by atoms with Crippen molar-refractivity contribution in [2.45, 2.75) is 19.9 Å². The van der Waals surface area contributed by atoms with E-state index in [-0.39, 0.29) is 11.9 Å². The minimum Gasteiger partial charge on any atom is -0.377 e. The number of nitrogens with one attached hydrogen (secondary N) is 1. The Hall–Kier alpha value is -1.33. The van der Waals surface area contributed by atoms with Crippen LogP contribution in [-0.4, -0.2) is 24.9 Å². The predicted octanol–water partition coefficient (Wildman–Crippen LogP) is 4.69. The van der Waals surface area contributed by atoms with Gasteiger partial charge in [-0.05, 0) is 58.9 Å². The molecule has 112 valence electrons. The first kappa shape index (κ1) is 16.0. The van der Waals surface area contributed by atoms with E-state index in [0.29, 0.717) is 5.56 Å². The van der Waals surface area contributed by atoms with Crippen molar-refractivity contribution in [3.05, 3.63) is 50.1 Å². The molecule has 0 bridgehead atoms. The Kier molecular flexibility index (Phi) is 5.06. The summed E-state index contributed by atoms with van der Waals surface area (Å²) in [4.78, 5) is 14.9. The third-order valence-corrected chi connectivity index (χ3v) is 5.35. The molecule has 0 saturated heterocycles. The number of halogens is 1. The van der Waals surface area contributed by atoms with Crippen LogP contribution in [0.1, 0.15) is 33.8 Å². The van der Waals surface area contributed by atoms with E-state index in [4.69, 9.17) is 0 Å². The Morgan fingerprint density at radius 3 is 2.62 bits per heavy atom. The lowest BCUT2D eigenvalue weighted by atomic mass is 10.1. The molecule has 0 spiro atoms. The number of nitrogens with zero attached hydrogens (tertiary/aromatic N) is 1. The zero-order chi connectivity index (χ0) is 15.6. The predicted molar refractivity (Wildman–Crippen MR) is 93.3 cm³/mol. The minimum atomic E-state index is 0.0167. The van der Waals surface area contributed by atoms with Gasteiger partial charge in [-0.1, -0.05) is 6.07 Å². The highest BCUT2D eigenvalue weighted by atomic mass is 79.9. The van der Waals surface area contributed by atoms with E-state index >= 15 is 0 Å². The zero-order valence-corrected chi connectivity index (χ0v) is 15.0. The van der Waals surface area contributed by atoms with Gasteiger partial charge in [-0.3, -0.25) is 4.79 Å². The molecule has 0 saturated carbocycles. The molecule has 1 aromatic heterocycles. The Balaban J connectivity index is 2.25. The van der Waals surface area contributed by atoms with Gasteiger partial charge in [0, 0.05) is 34.7 Å². The van der Waals surface area contributed by atoms with Crippen LogP contribution in [0.3, 0.4) is 0 Å². The largest absolute Gasteiger partial charge is 0.377 e. The summed E-state index contributed by atoms with van der Waals surface area (Å²) >= 11 is 5.28. The summed E-state index contributed by atoms with van der Waals surface area (Å²) in [7, 11) is 3.53. The van der Waals surface area contributed by atoms with Gasteiger partial charge in [0.1, 0.15) is 0 Å². The van der Waals surface area contributed by atoms with Crippen LogP contribution in [0.2, 0.25) is 0 Å². The third-order valence-electron chi connectivity index (χ3n) is 3.30. The molecule has 0 aliphatic carbocycles. The molecule has 0 aliphatic heterocycles. The summed E-state index contributed by atoms with van der Waals surface area (Å²) < 4.78 is 1.12. The lowest BCUT2D eigenvalue weighted by molar-refractivity contribution is 0.0827. The second kappa shape index (κ2) is 6.62. The molecule has 2 aromatic rings. The van der Waals surface area contributed by atoms with Crippen molar-refractivity contribution in [1.82, 2.24) is 4.90 Å². The van der Waals surface area contributed by atoms with Crippen molar-refractivity contribution in [2.75, 3.05) is 19.4 Å². The first-order valence-corrected chi connectivity index (χ1v) is 8.39. The summed E-state index contributed by atoms with van der Waals surface area (Å²) in [5, 5.41) is 5.56. The fraction of sp³-hybridized carbons (Fsp3) is 0.312. The number of aryl methyl sites for hydroxylation is 1. The molecule has 5 heteroatoms. The first-order chi connectivity index (χ1) is 9.90. The molecule has 1 unspecified atom stereocenters. The summed E-state index contributed by atoms with van der Waals surface area (Å²) in [6, 6.07) is 8.01. The SMILES string of the molecule is Cc1ccc(C(=O)N(C)C)cc1NC(C)c1sccc1Br. The molecule has 3 nitrogen and oxygen atoms in total. The number of carbonyl (C=O) groups is 1. The molecule has 0 radical (unpaired) electrons. The van der Waals surface area contributed by atoms with Gasteiger partial charge in [-0.25, -0.2) is 0 Å². The molecule has 1 amide bonds. The van der Waals surface area contributed by atoms with Gasteiger partial charge in [-0.2, -0.15) is 0 Å². The zero-order valence-electron chi connectivity index (χ0n) is 12.6. The summed E-state index contributed by atoms with van der Waals surface area (Å²) in [6.45, 7) is 4.17.